The van der Waals surface area contributed by atoms with Crippen molar-refractivity contribution >= 4 is 5.78 Å². The Balaban J connectivity index is 0.000000821. The van der Waals surface area contributed by atoms with Crippen molar-refractivity contribution in [3.05, 3.63) is 18.0 Å². The summed E-state index contributed by atoms with van der Waals surface area (Å²) in [5, 5.41) is 13.3. The molecule has 4 heteroatoms. The predicted octanol–water partition coefficient (Wildman–Crippen LogP) is 7.04. The number of ketones is 1. The molecule has 4 aliphatic rings. The van der Waals surface area contributed by atoms with Crippen LogP contribution in [0.4, 0.5) is 0 Å². The van der Waals surface area contributed by atoms with Crippen molar-refractivity contribution in [2.75, 3.05) is 0 Å². The van der Waals surface area contributed by atoms with Crippen LogP contribution in [0.15, 0.2) is 12.4 Å². The molecule has 33 heavy (non-hydrogen) atoms. The Hall–Kier alpha value is -1.63. The summed E-state index contributed by atoms with van der Waals surface area (Å²) in [6, 6.07) is 2.11. The number of Topliss-reactive ketones (excluding diaryl/α,β-unsaturated/α-hetero) is 1. The molecule has 0 spiro atoms. The van der Waals surface area contributed by atoms with Crippen molar-refractivity contribution < 1.29 is 4.79 Å². The molecule has 0 aromatic carbocycles. The largest absolute Gasteiger partial charge is 0.297 e. The number of rotatable bonds is 3. The minimum atomic E-state index is 0.161. The number of nitriles is 1. The number of carbonyl (C=O) groups excluding carboxylic acids is 1. The first-order valence-electron chi connectivity index (χ1n) is 13.7. The zero-order chi connectivity index (χ0) is 23.8. The van der Waals surface area contributed by atoms with E-state index in [0.29, 0.717) is 23.3 Å². The first kappa shape index (κ1) is 24.5. The molecule has 4 nitrogen and oxygen atoms in total. The normalized spacial score (nSPS) is 41.6. The van der Waals surface area contributed by atoms with E-state index in [2.05, 4.69) is 45.8 Å². The zero-order valence-corrected chi connectivity index (χ0v) is 21.6. The van der Waals surface area contributed by atoms with Gasteiger partial charge in [-0.15, -0.1) is 0 Å². The second-order valence-corrected chi connectivity index (χ2v) is 12.4. The lowest BCUT2D eigenvalue weighted by Gasteiger charge is -2.61. The van der Waals surface area contributed by atoms with Gasteiger partial charge in [0.25, 0.3) is 0 Å². The van der Waals surface area contributed by atoms with Gasteiger partial charge in [-0.2, -0.15) is 10.4 Å². The molecule has 7 unspecified atom stereocenters. The maximum atomic E-state index is 13.3. The Bertz CT molecular complexity index is 884. The zero-order valence-electron chi connectivity index (χ0n) is 21.6. The van der Waals surface area contributed by atoms with Gasteiger partial charge in [-0.25, -0.2) is 0 Å². The van der Waals surface area contributed by atoms with Crippen molar-refractivity contribution in [3.63, 3.8) is 0 Å². The highest BCUT2D eigenvalue weighted by Crippen LogP contribution is 2.67. The van der Waals surface area contributed by atoms with Crippen LogP contribution in [-0.2, 0) is 11.3 Å². The molecule has 0 aliphatic heterocycles. The van der Waals surface area contributed by atoms with Gasteiger partial charge in [0, 0.05) is 12.1 Å². The molecule has 0 saturated heterocycles. The number of hydrogen-bond acceptors (Lipinski definition) is 3. The summed E-state index contributed by atoms with van der Waals surface area (Å²) in [6.07, 6.45) is 16.4. The highest BCUT2D eigenvalue weighted by atomic mass is 16.1. The second kappa shape index (κ2) is 9.55. The van der Waals surface area contributed by atoms with Crippen LogP contribution < -0.4 is 0 Å². The van der Waals surface area contributed by atoms with Crippen molar-refractivity contribution in [2.24, 2.45) is 46.3 Å². The molecule has 1 heterocycles. The van der Waals surface area contributed by atoms with E-state index in [4.69, 9.17) is 5.26 Å². The average Bonchev–Trinajstić information content (AvgIpc) is 3.38. The summed E-state index contributed by atoms with van der Waals surface area (Å²) in [5.41, 5.74) is 1.24. The molecule has 1 aromatic heterocycles. The SMILES string of the molecule is CC1CCC2(C)C(CCC3C2CCC2(C)C3CC[C@@H]2C(=O)Cn2cc(C#N)cn2)C1.CCC. The van der Waals surface area contributed by atoms with Gasteiger partial charge in [-0.1, -0.05) is 47.5 Å². The molecule has 0 bridgehead atoms. The predicted molar refractivity (Wildman–Crippen MR) is 132 cm³/mol. The number of nitrogens with zero attached hydrogens (tertiary/aromatic N) is 3. The van der Waals surface area contributed by atoms with Crippen LogP contribution in [0.5, 0.6) is 0 Å². The number of aromatic nitrogens is 2. The second-order valence-electron chi connectivity index (χ2n) is 12.4. The molecule has 4 fully saturated rings. The lowest BCUT2D eigenvalue weighted by molar-refractivity contribution is -0.137. The molecule has 1 aromatic rings. The van der Waals surface area contributed by atoms with E-state index in [-0.39, 0.29) is 11.3 Å². The van der Waals surface area contributed by atoms with Gasteiger partial charge in [-0.05, 0) is 91.8 Å². The first-order valence-corrected chi connectivity index (χ1v) is 13.7. The molecule has 182 valence electrons. The Labute approximate surface area is 201 Å². The third-order valence-corrected chi connectivity index (χ3v) is 10.4. The van der Waals surface area contributed by atoms with E-state index in [1.54, 1.807) is 17.1 Å². The molecule has 0 radical (unpaired) electrons. The smallest absolute Gasteiger partial charge is 0.157 e. The van der Waals surface area contributed by atoms with Gasteiger partial charge in [0.05, 0.1) is 18.3 Å². The summed E-state index contributed by atoms with van der Waals surface area (Å²) in [7, 11) is 0. The molecule has 0 amide bonds. The quantitative estimate of drug-likeness (QED) is 0.495. The molecule has 8 atom stereocenters. The highest BCUT2D eigenvalue weighted by molar-refractivity contribution is 5.82. The van der Waals surface area contributed by atoms with Crippen molar-refractivity contribution in [3.8, 4) is 6.07 Å². The van der Waals surface area contributed by atoms with Crippen LogP contribution in [0.25, 0.3) is 0 Å². The number of carbonyl (C=O) groups is 1. The van der Waals surface area contributed by atoms with E-state index >= 15 is 0 Å². The molecular formula is C29H45N3O. The van der Waals surface area contributed by atoms with Gasteiger partial charge in [-0.3, -0.25) is 9.48 Å². The average molecular weight is 452 g/mol. The summed E-state index contributed by atoms with van der Waals surface area (Å²) >= 11 is 0. The maximum Gasteiger partial charge on any atom is 0.157 e. The Morgan fingerprint density at radius 1 is 1.09 bits per heavy atom. The van der Waals surface area contributed by atoms with Crippen molar-refractivity contribution in [1.82, 2.24) is 9.78 Å². The molecule has 0 N–H and O–H groups in total. The lowest BCUT2D eigenvalue weighted by atomic mass is 9.44. The summed E-state index contributed by atoms with van der Waals surface area (Å²) in [4.78, 5) is 13.3. The van der Waals surface area contributed by atoms with E-state index in [1.807, 2.05) is 0 Å². The number of hydrogen-bond donors (Lipinski definition) is 0. The van der Waals surface area contributed by atoms with Crippen LogP contribution in [0.3, 0.4) is 0 Å². The van der Waals surface area contributed by atoms with Gasteiger partial charge >= 0.3 is 0 Å². The molecule has 5 rings (SSSR count). The fourth-order valence-electron chi connectivity index (χ4n) is 8.78. The monoisotopic (exact) mass is 451 g/mol. The van der Waals surface area contributed by atoms with Crippen LogP contribution in [0.2, 0.25) is 0 Å². The van der Waals surface area contributed by atoms with Crippen LogP contribution in [-0.4, -0.2) is 15.6 Å². The third kappa shape index (κ3) is 4.30. The summed E-state index contributed by atoms with van der Waals surface area (Å²) in [5.74, 6) is 4.75. The highest BCUT2D eigenvalue weighted by Gasteiger charge is 2.60. The minimum absolute atomic E-state index is 0.161. The third-order valence-electron chi connectivity index (χ3n) is 10.4. The lowest BCUT2D eigenvalue weighted by Crippen LogP contribution is -2.53. The van der Waals surface area contributed by atoms with Crippen molar-refractivity contribution in [2.45, 2.75) is 105 Å². The molecular weight excluding hydrogens is 406 g/mol. The molecule has 4 aliphatic carbocycles. The maximum absolute atomic E-state index is 13.3. The van der Waals surface area contributed by atoms with Gasteiger partial charge in [0.2, 0.25) is 0 Å². The van der Waals surface area contributed by atoms with E-state index in [0.717, 1.165) is 36.0 Å². The summed E-state index contributed by atoms with van der Waals surface area (Å²) < 4.78 is 1.67. The van der Waals surface area contributed by atoms with Gasteiger partial charge < -0.3 is 0 Å². The fourth-order valence-corrected chi connectivity index (χ4v) is 8.78. The van der Waals surface area contributed by atoms with Crippen LogP contribution in [0, 0.1) is 57.7 Å². The first-order chi connectivity index (χ1) is 15.8. The minimum Gasteiger partial charge on any atom is -0.297 e. The Morgan fingerprint density at radius 3 is 2.48 bits per heavy atom. The topological polar surface area (TPSA) is 58.7 Å². The Morgan fingerprint density at radius 2 is 1.79 bits per heavy atom. The Kier molecular flexibility index (Phi) is 7.09. The fraction of sp³-hybridized carbons (Fsp3) is 0.828. The van der Waals surface area contributed by atoms with Crippen LogP contribution >= 0.6 is 0 Å². The van der Waals surface area contributed by atoms with E-state index in [1.165, 1.54) is 57.8 Å². The van der Waals surface area contributed by atoms with Crippen LogP contribution in [0.1, 0.15) is 104 Å². The van der Waals surface area contributed by atoms with Gasteiger partial charge in [0.1, 0.15) is 6.07 Å². The van der Waals surface area contributed by atoms with E-state index in [9.17, 15) is 4.79 Å². The molecule has 4 saturated carbocycles. The number of fused-ring (bicyclic) bond motifs is 5. The van der Waals surface area contributed by atoms with Gasteiger partial charge in [0.15, 0.2) is 5.78 Å². The standard InChI is InChI=1S/C26H37N3O.C3H8/c1-17-8-10-25(2)19(12-17)4-5-20-21-6-7-23(26(21,3)11-9-22(20)25)24(30)16-29-15-18(13-27)14-28-29;1-3-2/h14-15,17,19-23H,4-12,16H2,1-3H3;3H2,1-2H3/t17?,19?,20?,21?,22?,23-,25?,26?;/m1./s1. The van der Waals surface area contributed by atoms with Crippen molar-refractivity contribution in [1.29, 1.82) is 5.26 Å². The summed E-state index contributed by atoms with van der Waals surface area (Å²) in [6.45, 7) is 12.1. The van der Waals surface area contributed by atoms with E-state index < -0.39 is 0 Å².